The number of carbonyl (C=O) groups is 2. The van der Waals surface area contributed by atoms with Gasteiger partial charge in [-0.15, -0.1) is 0 Å². The maximum Gasteiger partial charge on any atom is 0.259 e. The van der Waals surface area contributed by atoms with Crippen molar-refractivity contribution in [1.82, 2.24) is 0 Å². The van der Waals surface area contributed by atoms with Crippen LogP contribution in [0.3, 0.4) is 0 Å². The summed E-state index contributed by atoms with van der Waals surface area (Å²) in [4.78, 5) is 24.5. The molecule has 1 aliphatic heterocycles. The van der Waals surface area contributed by atoms with Crippen LogP contribution in [0.5, 0.6) is 11.5 Å². The van der Waals surface area contributed by atoms with Crippen LogP contribution in [0.15, 0.2) is 36.4 Å². The van der Waals surface area contributed by atoms with Crippen LogP contribution >= 0.6 is 11.6 Å². The van der Waals surface area contributed by atoms with E-state index in [1.54, 1.807) is 36.4 Å². The molecule has 1 heterocycles. The summed E-state index contributed by atoms with van der Waals surface area (Å²) < 4.78 is 5.81. The lowest BCUT2D eigenvalue weighted by Gasteiger charge is -2.24. The maximum atomic E-state index is 12.5. The number of fused-ring (bicyclic) bond motifs is 2. The zero-order valence-electron chi connectivity index (χ0n) is 12.8. The van der Waals surface area contributed by atoms with Gasteiger partial charge >= 0.3 is 0 Å². The van der Waals surface area contributed by atoms with Gasteiger partial charge in [0.15, 0.2) is 5.75 Å². The van der Waals surface area contributed by atoms with E-state index in [4.69, 9.17) is 16.3 Å². The van der Waals surface area contributed by atoms with Crippen molar-refractivity contribution >= 4 is 34.8 Å². The lowest BCUT2D eigenvalue weighted by molar-refractivity contribution is -0.122. The Hall–Kier alpha value is -2.53. The van der Waals surface area contributed by atoms with Crippen molar-refractivity contribution in [2.24, 2.45) is 5.92 Å². The van der Waals surface area contributed by atoms with Gasteiger partial charge in [0.1, 0.15) is 5.75 Å². The van der Waals surface area contributed by atoms with E-state index >= 15 is 0 Å². The fourth-order valence-corrected chi connectivity index (χ4v) is 2.96. The van der Waals surface area contributed by atoms with Crippen LogP contribution in [0.1, 0.15) is 29.6 Å². The molecule has 1 saturated carbocycles. The molecule has 24 heavy (non-hydrogen) atoms. The van der Waals surface area contributed by atoms with E-state index in [2.05, 4.69) is 10.6 Å². The van der Waals surface area contributed by atoms with Crippen molar-refractivity contribution in [1.29, 1.82) is 0 Å². The molecule has 2 aliphatic rings. The molecule has 122 valence electrons. The van der Waals surface area contributed by atoms with Crippen LogP contribution in [-0.4, -0.2) is 11.8 Å². The summed E-state index contributed by atoms with van der Waals surface area (Å²) in [5.41, 5.74) is 1.48. The highest BCUT2D eigenvalue weighted by atomic mass is 35.5. The fraction of sp³-hybridized carbons (Fsp3) is 0.222. The topological polar surface area (TPSA) is 67.4 Å². The highest BCUT2D eigenvalue weighted by Gasteiger charge is 2.26. The van der Waals surface area contributed by atoms with Crippen molar-refractivity contribution < 1.29 is 14.3 Å². The van der Waals surface area contributed by atoms with Gasteiger partial charge in [-0.3, -0.25) is 9.59 Å². The number of hydrogen-bond donors (Lipinski definition) is 2. The van der Waals surface area contributed by atoms with E-state index in [1.165, 1.54) is 0 Å². The molecule has 2 N–H and O–H groups in total. The molecule has 0 radical (unpaired) electrons. The molecule has 2 aromatic carbocycles. The van der Waals surface area contributed by atoms with Crippen LogP contribution in [0, 0.1) is 5.92 Å². The number of anilines is 2. The van der Waals surface area contributed by atoms with Crippen molar-refractivity contribution in [3.63, 3.8) is 0 Å². The Morgan fingerprint density at radius 3 is 2.71 bits per heavy atom. The minimum atomic E-state index is -0.300. The second kappa shape index (κ2) is 5.83. The Labute approximate surface area is 144 Å². The van der Waals surface area contributed by atoms with Gasteiger partial charge in [-0.25, -0.2) is 0 Å². The third-order valence-corrected chi connectivity index (χ3v) is 4.61. The Kier molecular flexibility index (Phi) is 3.65. The standard InChI is InChI=1S/C18H15ClN2O3/c19-11-4-6-16-14(8-11)21-18(23)13-9-12(5-7-15(13)24-16)20-17(22)10-2-1-3-10/h4-10H,1-3H2,(H,20,22)(H,21,23). The van der Waals surface area contributed by atoms with Crippen molar-refractivity contribution in [2.75, 3.05) is 10.6 Å². The first-order chi connectivity index (χ1) is 11.6. The molecule has 1 aliphatic carbocycles. The Morgan fingerprint density at radius 2 is 1.96 bits per heavy atom. The molecule has 4 rings (SSSR count). The number of hydrogen-bond acceptors (Lipinski definition) is 3. The normalized spacial score (nSPS) is 16.0. The van der Waals surface area contributed by atoms with E-state index in [1.807, 2.05) is 0 Å². The summed E-state index contributed by atoms with van der Waals surface area (Å²) in [6.07, 6.45) is 2.95. The molecule has 0 spiro atoms. The van der Waals surface area contributed by atoms with Crippen molar-refractivity contribution in [3.8, 4) is 11.5 Å². The summed E-state index contributed by atoms with van der Waals surface area (Å²) in [5.74, 6) is 0.755. The smallest absolute Gasteiger partial charge is 0.259 e. The molecule has 6 heteroatoms. The van der Waals surface area contributed by atoms with Gasteiger partial charge in [-0.05, 0) is 49.2 Å². The van der Waals surface area contributed by atoms with E-state index in [-0.39, 0.29) is 17.7 Å². The highest BCUT2D eigenvalue weighted by Crippen LogP contribution is 2.38. The third-order valence-electron chi connectivity index (χ3n) is 4.38. The van der Waals surface area contributed by atoms with Gasteiger partial charge in [0.2, 0.25) is 5.91 Å². The molecule has 5 nitrogen and oxygen atoms in total. The first-order valence-corrected chi connectivity index (χ1v) is 8.21. The largest absolute Gasteiger partial charge is 0.454 e. The second-order valence-corrected chi connectivity index (χ2v) is 6.46. The molecule has 0 aromatic heterocycles. The van der Waals surface area contributed by atoms with Crippen LogP contribution < -0.4 is 15.4 Å². The second-order valence-electron chi connectivity index (χ2n) is 6.02. The van der Waals surface area contributed by atoms with Crippen LogP contribution in [0.25, 0.3) is 0 Å². The van der Waals surface area contributed by atoms with Crippen LogP contribution in [-0.2, 0) is 4.79 Å². The predicted molar refractivity (Wildman–Crippen MR) is 91.9 cm³/mol. The maximum absolute atomic E-state index is 12.5. The molecule has 1 fully saturated rings. The number of benzene rings is 2. The summed E-state index contributed by atoms with van der Waals surface area (Å²) in [6.45, 7) is 0. The fourth-order valence-electron chi connectivity index (χ4n) is 2.79. The van der Waals surface area contributed by atoms with Crippen LogP contribution in [0.4, 0.5) is 11.4 Å². The molecule has 0 unspecified atom stereocenters. The molecule has 0 bridgehead atoms. The van der Waals surface area contributed by atoms with Gasteiger partial charge in [-0.1, -0.05) is 18.0 Å². The van der Waals surface area contributed by atoms with Gasteiger partial charge in [0.05, 0.1) is 11.3 Å². The molecular weight excluding hydrogens is 328 g/mol. The summed E-state index contributed by atoms with van der Waals surface area (Å²) in [5, 5.41) is 6.16. The molecular formula is C18H15ClN2O3. The lowest BCUT2D eigenvalue weighted by Crippen LogP contribution is -2.28. The van der Waals surface area contributed by atoms with Crippen molar-refractivity contribution in [2.45, 2.75) is 19.3 Å². The zero-order valence-corrected chi connectivity index (χ0v) is 13.5. The van der Waals surface area contributed by atoms with Gasteiger partial charge < -0.3 is 15.4 Å². The number of ether oxygens (including phenoxy) is 1. The average molecular weight is 343 g/mol. The minimum absolute atomic E-state index is 0.00576. The molecule has 2 amide bonds. The van der Waals surface area contributed by atoms with E-state index in [9.17, 15) is 9.59 Å². The summed E-state index contributed by atoms with van der Waals surface area (Å²) >= 11 is 5.97. The molecule has 0 saturated heterocycles. The Bertz CT molecular complexity index is 846. The summed E-state index contributed by atoms with van der Waals surface area (Å²) in [7, 11) is 0. The van der Waals surface area contributed by atoms with E-state index < -0.39 is 0 Å². The Balaban J connectivity index is 1.63. The van der Waals surface area contributed by atoms with Crippen molar-refractivity contribution in [3.05, 3.63) is 47.0 Å². The number of rotatable bonds is 2. The number of carbonyl (C=O) groups excluding carboxylic acids is 2. The van der Waals surface area contributed by atoms with E-state index in [0.29, 0.717) is 33.5 Å². The monoisotopic (exact) mass is 342 g/mol. The predicted octanol–water partition coefficient (Wildman–Crippen LogP) is 4.44. The highest BCUT2D eigenvalue weighted by molar-refractivity contribution is 6.31. The third kappa shape index (κ3) is 2.71. The zero-order chi connectivity index (χ0) is 16.7. The average Bonchev–Trinajstić information content (AvgIpc) is 2.61. The number of nitrogens with one attached hydrogen (secondary N) is 2. The van der Waals surface area contributed by atoms with Gasteiger partial charge in [0, 0.05) is 16.6 Å². The number of halogens is 1. The SMILES string of the molecule is O=C1Nc2cc(Cl)ccc2Oc2ccc(NC(=O)C3CCC3)cc21. The molecule has 2 aromatic rings. The summed E-state index contributed by atoms with van der Waals surface area (Å²) in [6, 6.07) is 10.1. The quantitative estimate of drug-likeness (QED) is 0.848. The molecule has 0 atom stereocenters. The first-order valence-electron chi connectivity index (χ1n) is 7.84. The number of amides is 2. The van der Waals surface area contributed by atoms with E-state index in [0.717, 1.165) is 19.3 Å². The first kappa shape index (κ1) is 15.0. The minimum Gasteiger partial charge on any atom is -0.454 e. The van der Waals surface area contributed by atoms with Gasteiger partial charge in [-0.2, -0.15) is 0 Å². The van der Waals surface area contributed by atoms with Crippen LogP contribution in [0.2, 0.25) is 5.02 Å². The lowest BCUT2D eigenvalue weighted by atomic mass is 9.85. The Morgan fingerprint density at radius 1 is 1.17 bits per heavy atom. The van der Waals surface area contributed by atoms with Gasteiger partial charge in [0.25, 0.3) is 5.91 Å².